The van der Waals surface area contributed by atoms with Gasteiger partial charge in [-0.25, -0.2) is 0 Å². The molecule has 3 aliphatic heterocycles. The Hall–Kier alpha value is -2.62. The topological polar surface area (TPSA) is 63.5 Å². The second kappa shape index (κ2) is 7.26. The van der Waals surface area contributed by atoms with E-state index in [1.807, 2.05) is 11.0 Å². The van der Waals surface area contributed by atoms with Crippen molar-refractivity contribution in [3.8, 4) is 0 Å². The van der Waals surface area contributed by atoms with Gasteiger partial charge < -0.3 is 14.5 Å². The van der Waals surface area contributed by atoms with Crippen LogP contribution in [0.2, 0.25) is 0 Å². The maximum atomic E-state index is 13.8. The molecule has 3 atom stereocenters. The molecule has 2 bridgehead atoms. The van der Waals surface area contributed by atoms with Crippen molar-refractivity contribution in [2.24, 2.45) is 0 Å². The summed E-state index contributed by atoms with van der Waals surface area (Å²) >= 11 is 0. The van der Waals surface area contributed by atoms with Crippen LogP contribution in [-0.4, -0.2) is 58.6 Å². The Labute approximate surface area is 171 Å². The van der Waals surface area contributed by atoms with Gasteiger partial charge in [-0.3, -0.25) is 14.3 Å². The molecule has 10 heteroatoms. The van der Waals surface area contributed by atoms with Gasteiger partial charge in [0.15, 0.2) is 0 Å². The Bertz CT molecular complexity index is 981. The highest BCUT2D eigenvalue weighted by Crippen LogP contribution is 2.36. The zero-order chi connectivity index (χ0) is 20.9. The molecule has 5 rings (SSSR count). The van der Waals surface area contributed by atoms with Gasteiger partial charge in [0.2, 0.25) is 5.95 Å². The van der Waals surface area contributed by atoms with Crippen LogP contribution in [0.3, 0.4) is 0 Å². The summed E-state index contributed by atoms with van der Waals surface area (Å²) in [7, 11) is 0. The van der Waals surface area contributed by atoms with Crippen molar-refractivity contribution in [1.82, 2.24) is 14.5 Å². The van der Waals surface area contributed by atoms with Gasteiger partial charge in [-0.15, -0.1) is 0 Å². The van der Waals surface area contributed by atoms with E-state index in [9.17, 15) is 18.0 Å². The number of hydrogen-bond donors (Lipinski definition) is 0. The first-order valence-corrected chi connectivity index (χ1v) is 10.1. The summed E-state index contributed by atoms with van der Waals surface area (Å²) in [6.45, 7) is 1.27. The van der Waals surface area contributed by atoms with Crippen molar-refractivity contribution in [2.45, 2.75) is 50.2 Å². The molecule has 160 valence electrons. The molecule has 2 fully saturated rings. The number of hydrogen-bond acceptors (Lipinski definition) is 6. The summed E-state index contributed by atoms with van der Waals surface area (Å²) < 4.78 is 48.5. The second-order valence-corrected chi connectivity index (χ2v) is 8.05. The predicted octanol–water partition coefficient (Wildman–Crippen LogP) is 2.00. The number of morpholine rings is 1. The molecule has 0 radical (unpaired) electrons. The summed E-state index contributed by atoms with van der Waals surface area (Å²) in [5.41, 5.74) is 0.522. The highest BCUT2D eigenvalue weighted by atomic mass is 19.4. The van der Waals surface area contributed by atoms with E-state index in [1.54, 1.807) is 18.5 Å². The van der Waals surface area contributed by atoms with Gasteiger partial charge in [-0.2, -0.15) is 18.2 Å². The molecule has 3 unspecified atom stereocenters. The first-order chi connectivity index (χ1) is 14.4. The molecule has 2 saturated heterocycles. The van der Waals surface area contributed by atoms with Gasteiger partial charge in [0.05, 0.1) is 18.8 Å². The second-order valence-electron chi connectivity index (χ2n) is 8.05. The molecule has 2 aromatic rings. The van der Waals surface area contributed by atoms with Crippen LogP contribution in [0.1, 0.15) is 18.4 Å². The Kier molecular flexibility index (Phi) is 4.68. The summed E-state index contributed by atoms with van der Waals surface area (Å²) in [6, 6.07) is 3.48. The lowest BCUT2D eigenvalue weighted by atomic mass is 10.1. The lowest BCUT2D eigenvalue weighted by Gasteiger charge is -2.39. The monoisotopic (exact) mass is 421 g/mol. The van der Waals surface area contributed by atoms with E-state index in [2.05, 4.69) is 9.97 Å². The molecule has 7 nitrogen and oxygen atoms in total. The number of alkyl halides is 3. The number of aromatic nitrogens is 3. The first kappa shape index (κ1) is 19.3. The molecule has 0 N–H and O–H groups in total. The van der Waals surface area contributed by atoms with Gasteiger partial charge in [0.25, 0.3) is 5.56 Å². The average Bonchev–Trinajstić information content (AvgIpc) is 3.35. The molecule has 5 heterocycles. The fourth-order valence-corrected chi connectivity index (χ4v) is 4.68. The summed E-state index contributed by atoms with van der Waals surface area (Å²) in [5, 5.41) is 0. The number of pyridine rings is 1. The van der Waals surface area contributed by atoms with Crippen molar-refractivity contribution >= 4 is 11.8 Å². The minimum Gasteiger partial charge on any atom is -0.374 e. The highest BCUT2D eigenvalue weighted by molar-refractivity contribution is 5.49. The Morgan fingerprint density at radius 1 is 1.30 bits per heavy atom. The van der Waals surface area contributed by atoms with Crippen molar-refractivity contribution < 1.29 is 17.9 Å². The summed E-state index contributed by atoms with van der Waals surface area (Å²) in [6.07, 6.45) is 0.0175. The number of nitrogens with zero attached hydrogens (tertiary/aromatic N) is 5. The lowest BCUT2D eigenvalue weighted by molar-refractivity contribution is -0.152. The van der Waals surface area contributed by atoms with Gasteiger partial charge in [0, 0.05) is 38.1 Å². The summed E-state index contributed by atoms with van der Waals surface area (Å²) in [4.78, 5) is 24.6. The minimum atomic E-state index is -4.41. The van der Waals surface area contributed by atoms with E-state index in [4.69, 9.17) is 4.74 Å². The first-order valence-electron chi connectivity index (χ1n) is 10.1. The van der Waals surface area contributed by atoms with Gasteiger partial charge in [-0.05, 0) is 30.9 Å². The summed E-state index contributed by atoms with van der Waals surface area (Å²) in [5.74, 6) is 0.537. The third-order valence-corrected chi connectivity index (χ3v) is 6.17. The number of anilines is 2. The molecule has 0 amide bonds. The number of fused-ring (bicyclic) bond motifs is 3. The van der Waals surface area contributed by atoms with Crippen LogP contribution < -0.4 is 15.4 Å². The molecule has 3 aliphatic rings. The molecular formula is C20H22F3N5O2. The van der Waals surface area contributed by atoms with Gasteiger partial charge in [-0.1, -0.05) is 6.07 Å². The van der Waals surface area contributed by atoms with Crippen LogP contribution in [0.15, 0.2) is 35.4 Å². The molecular weight excluding hydrogens is 399 g/mol. The quantitative estimate of drug-likeness (QED) is 0.753. The minimum absolute atomic E-state index is 0.00415. The maximum Gasteiger partial charge on any atom is 0.408 e. The predicted molar refractivity (Wildman–Crippen MR) is 104 cm³/mol. The number of halogens is 3. The van der Waals surface area contributed by atoms with E-state index < -0.39 is 12.2 Å². The number of ether oxygens (including phenoxy) is 1. The van der Waals surface area contributed by atoms with Crippen LogP contribution in [-0.2, 0) is 17.7 Å². The van der Waals surface area contributed by atoms with Crippen LogP contribution in [0.25, 0.3) is 0 Å². The Balaban J connectivity index is 1.51. The van der Waals surface area contributed by atoms with E-state index >= 15 is 0 Å². The molecule has 30 heavy (non-hydrogen) atoms. The molecule has 0 aromatic carbocycles. The van der Waals surface area contributed by atoms with Gasteiger partial charge in [0.1, 0.15) is 11.9 Å². The maximum absolute atomic E-state index is 13.8. The van der Waals surface area contributed by atoms with E-state index in [1.165, 1.54) is 15.5 Å². The largest absolute Gasteiger partial charge is 0.408 e. The smallest absolute Gasteiger partial charge is 0.374 e. The fraction of sp³-hybridized carbons (Fsp3) is 0.550. The number of rotatable bonds is 4. The van der Waals surface area contributed by atoms with Gasteiger partial charge >= 0.3 is 6.18 Å². The zero-order valence-corrected chi connectivity index (χ0v) is 16.3. The third-order valence-electron chi connectivity index (χ3n) is 6.17. The van der Waals surface area contributed by atoms with Crippen molar-refractivity contribution in [3.63, 3.8) is 0 Å². The normalized spacial score (nSPS) is 25.6. The highest BCUT2D eigenvalue weighted by Gasteiger charge is 2.47. The van der Waals surface area contributed by atoms with Crippen molar-refractivity contribution in [2.75, 3.05) is 29.5 Å². The average molecular weight is 421 g/mol. The molecule has 0 saturated carbocycles. The molecule has 0 aliphatic carbocycles. The zero-order valence-electron chi connectivity index (χ0n) is 16.3. The van der Waals surface area contributed by atoms with Crippen LogP contribution in [0, 0.1) is 0 Å². The van der Waals surface area contributed by atoms with Crippen LogP contribution in [0.4, 0.5) is 24.9 Å². The fourth-order valence-electron chi connectivity index (χ4n) is 4.68. The standard InChI is InChI=1S/C20H22F3N5O2/c21-20(22,23)16-4-7-27-18(29)9-17(28-11-15-8-14(28)12-30-15)25-19(27)26(16)6-3-13-2-1-5-24-10-13/h1-2,5,9-10,14-16H,3-4,6-8,11-12H2. The lowest BCUT2D eigenvalue weighted by Crippen LogP contribution is -2.53. The SMILES string of the molecule is O=c1cc(N2CC3CC2CO3)nc2n1CCC(C(F)(F)F)N2CCc1cccnc1. The molecule has 0 spiro atoms. The Morgan fingerprint density at radius 2 is 2.17 bits per heavy atom. The third kappa shape index (κ3) is 3.42. The van der Waals surface area contributed by atoms with Crippen molar-refractivity contribution in [1.29, 1.82) is 0 Å². The van der Waals surface area contributed by atoms with E-state index in [0.29, 0.717) is 25.4 Å². The van der Waals surface area contributed by atoms with Crippen LogP contribution in [0.5, 0.6) is 0 Å². The van der Waals surface area contributed by atoms with Crippen molar-refractivity contribution in [3.05, 3.63) is 46.5 Å². The van der Waals surface area contributed by atoms with Crippen LogP contribution >= 0.6 is 0 Å². The van der Waals surface area contributed by atoms with E-state index in [0.717, 1.165) is 12.0 Å². The Morgan fingerprint density at radius 3 is 2.83 bits per heavy atom. The molecule has 2 aromatic heterocycles. The van der Waals surface area contributed by atoms with E-state index in [-0.39, 0.29) is 43.2 Å².